The summed E-state index contributed by atoms with van der Waals surface area (Å²) < 4.78 is 4.34. The number of carboxylic acids is 1. The molecule has 1 aliphatic rings. The zero-order valence-corrected chi connectivity index (χ0v) is 6.94. The molecule has 84 valence electrons. The summed E-state index contributed by atoms with van der Waals surface area (Å²) in [6, 6.07) is 0. The number of hydrogen-bond donors (Lipinski definition) is 5. The molecule has 5 atom stereocenters. The molecule has 0 saturated carbocycles. The summed E-state index contributed by atoms with van der Waals surface area (Å²) in [6.07, 6.45) is -8.72. The van der Waals surface area contributed by atoms with Crippen molar-refractivity contribution >= 4 is 5.97 Å². The molecule has 0 amide bonds. The van der Waals surface area contributed by atoms with Crippen molar-refractivity contribution in [1.29, 1.82) is 0 Å². The van der Waals surface area contributed by atoms with Gasteiger partial charge in [0.1, 0.15) is 18.3 Å². The molecule has 0 aliphatic carbocycles. The molecule has 0 aromatic rings. The minimum absolute atomic E-state index is 0. The fourth-order valence-electron chi connectivity index (χ4n) is 1.07. The van der Waals surface area contributed by atoms with Crippen molar-refractivity contribution in [2.75, 3.05) is 0 Å². The molecule has 1 heterocycles. The van der Waals surface area contributed by atoms with Crippen LogP contribution in [0.3, 0.4) is 0 Å². The van der Waals surface area contributed by atoms with Crippen LogP contribution >= 0.6 is 0 Å². The van der Waals surface area contributed by atoms with Gasteiger partial charge in [-0.1, -0.05) is 0 Å². The Morgan fingerprint density at radius 2 is 1.50 bits per heavy atom. The van der Waals surface area contributed by atoms with E-state index in [4.69, 9.17) is 25.5 Å². The first-order valence-electron chi connectivity index (χ1n) is 3.55. The molecule has 0 bridgehead atoms. The van der Waals surface area contributed by atoms with E-state index in [2.05, 4.69) is 4.74 Å². The summed E-state index contributed by atoms with van der Waals surface area (Å²) in [5.74, 6) is -1.52. The van der Waals surface area contributed by atoms with Gasteiger partial charge in [-0.15, -0.1) is 0 Å². The van der Waals surface area contributed by atoms with Crippen molar-refractivity contribution < 1.29 is 40.5 Å². The topological polar surface area (TPSA) is 159 Å². The largest absolute Gasteiger partial charge is 0.479 e. The van der Waals surface area contributed by atoms with E-state index in [1.807, 2.05) is 0 Å². The normalized spacial score (nSPS) is 42.7. The molecule has 1 saturated heterocycles. The summed E-state index contributed by atoms with van der Waals surface area (Å²) in [4.78, 5) is 10.4. The maximum absolute atomic E-state index is 10.4. The van der Waals surface area contributed by atoms with Crippen molar-refractivity contribution in [3.8, 4) is 0 Å². The SMILES string of the molecule is O.O=C(O)[C@H]1O[C@H](O)[C@H](O)[C@@H](O)[C@H]1O. The maximum Gasteiger partial charge on any atom is 0.335 e. The summed E-state index contributed by atoms with van der Waals surface area (Å²) in [6.45, 7) is 0. The molecular weight excluding hydrogens is 200 g/mol. The van der Waals surface area contributed by atoms with Crippen molar-refractivity contribution in [2.45, 2.75) is 30.7 Å². The highest BCUT2D eigenvalue weighted by Gasteiger charge is 2.46. The Bertz CT molecular complexity index is 206. The number of carbonyl (C=O) groups is 1. The molecule has 0 aromatic carbocycles. The molecule has 0 aromatic heterocycles. The zero-order valence-electron chi connectivity index (χ0n) is 6.94. The Morgan fingerprint density at radius 1 is 1.00 bits per heavy atom. The molecule has 0 spiro atoms. The fraction of sp³-hybridized carbons (Fsp3) is 0.833. The smallest absolute Gasteiger partial charge is 0.335 e. The number of hydrogen-bond acceptors (Lipinski definition) is 6. The van der Waals surface area contributed by atoms with Crippen LogP contribution in [0.5, 0.6) is 0 Å². The lowest BCUT2D eigenvalue weighted by molar-refractivity contribution is -0.279. The van der Waals surface area contributed by atoms with Gasteiger partial charge in [0.05, 0.1) is 0 Å². The number of ether oxygens (including phenoxy) is 1. The Balaban J connectivity index is 0.00000169. The van der Waals surface area contributed by atoms with E-state index in [0.29, 0.717) is 0 Å². The van der Waals surface area contributed by atoms with Crippen LogP contribution in [0.25, 0.3) is 0 Å². The van der Waals surface area contributed by atoms with Crippen molar-refractivity contribution in [1.82, 2.24) is 0 Å². The summed E-state index contributed by atoms with van der Waals surface area (Å²) in [5, 5.41) is 44.4. The van der Waals surface area contributed by atoms with E-state index in [1.165, 1.54) is 0 Å². The lowest BCUT2D eigenvalue weighted by atomic mass is 9.99. The van der Waals surface area contributed by atoms with Gasteiger partial charge in [0.2, 0.25) is 0 Å². The van der Waals surface area contributed by atoms with Crippen LogP contribution in [0.4, 0.5) is 0 Å². The highest BCUT2D eigenvalue weighted by atomic mass is 16.6. The summed E-state index contributed by atoms with van der Waals surface area (Å²) >= 11 is 0. The van der Waals surface area contributed by atoms with Gasteiger partial charge in [-0.05, 0) is 0 Å². The molecule has 1 aliphatic heterocycles. The van der Waals surface area contributed by atoms with Gasteiger partial charge in [0.15, 0.2) is 12.4 Å². The summed E-state index contributed by atoms with van der Waals surface area (Å²) in [5.41, 5.74) is 0. The number of aliphatic hydroxyl groups is 4. The first-order valence-corrected chi connectivity index (χ1v) is 3.55. The van der Waals surface area contributed by atoms with Crippen molar-refractivity contribution in [3.05, 3.63) is 0 Å². The van der Waals surface area contributed by atoms with E-state index in [0.717, 1.165) is 0 Å². The third-order valence-electron chi connectivity index (χ3n) is 1.83. The molecular formula is C6H12O8. The standard InChI is InChI=1S/C6H10O7.H2O/c7-1-2(8)4(5(10)11)13-6(12)3(1)9;/h1-4,6-9,12H,(H,10,11);1H2/t1-,2+,3+,4-,6-;/m0./s1. The van der Waals surface area contributed by atoms with Crippen molar-refractivity contribution in [2.24, 2.45) is 0 Å². The molecule has 7 N–H and O–H groups in total. The molecule has 8 heteroatoms. The highest BCUT2D eigenvalue weighted by Crippen LogP contribution is 2.19. The zero-order chi connectivity index (χ0) is 10.2. The average Bonchev–Trinajstić information content (AvgIpc) is 2.07. The third kappa shape index (κ3) is 2.18. The van der Waals surface area contributed by atoms with Crippen LogP contribution < -0.4 is 0 Å². The van der Waals surface area contributed by atoms with Gasteiger partial charge in [-0.3, -0.25) is 0 Å². The van der Waals surface area contributed by atoms with Gasteiger partial charge in [-0.25, -0.2) is 4.79 Å². The third-order valence-corrected chi connectivity index (χ3v) is 1.83. The van der Waals surface area contributed by atoms with Gasteiger partial charge in [0, 0.05) is 0 Å². The second kappa shape index (κ2) is 4.64. The van der Waals surface area contributed by atoms with Crippen LogP contribution in [0.2, 0.25) is 0 Å². The number of aliphatic hydroxyl groups excluding tert-OH is 4. The fourth-order valence-corrected chi connectivity index (χ4v) is 1.07. The Labute approximate surface area is 78.3 Å². The molecule has 0 radical (unpaired) electrons. The number of rotatable bonds is 1. The minimum Gasteiger partial charge on any atom is -0.479 e. The van der Waals surface area contributed by atoms with Crippen LogP contribution in [-0.4, -0.2) is 67.7 Å². The quantitative estimate of drug-likeness (QED) is 0.296. The number of carboxylic acid groups (broad SMARTS) is 1. The Kier molecular flexibility index (Phi) is 4.39. The van der Waals surface area contributed by atoms with Crippen LogP contribution in [-0.2, 0) is 9.53 Å². The second-order valence-electron chi connectivity index (χ2n) is 2.76. The van der Waals surface area contributed by atoms with E-state index in [9.17, 15) is 4.79 Å². The van der Waals surface area contributed by atoms with Gasteiger partial charge in [-0.2, -0.15) is 0 Å². The minimum atomic E-state index is -1.81. The molecule has 1 fully saturated rings. The van der Waals surface area contributed by atoms with E-state index in [1.54, 1.807) is 0 Å². The molecule has 8 nitrogen and oxygen atoms in total. The van der Waals surface area contributed by atoms with Crippen LogP contribution in [0.1, 0.15) is 0 Å². The van der Waals surface area contributed by atoms with E-state index in [-0.39, 0.29) is 5.48 Å². The lowest BCUT2D eigenvalue weighted by Crippen LogP contribution is -2.59. The van der Waals surface area contributed by atoms with Gasteiger partial charge >= 0.3 is 5.97 Å². The van der Waals surface area contributed by atoms with Crippen molar-refractivity contribution in [3.63, 3.8) is 0 Å². The maximum atomic E-state index is 10.4. The second-order valence-corrected chi connectivity index (χ2v) is 2.76. The lowest BCUT2D eigenvalue weighted by Gasteiger charge is -2.36. The summed E-state index contributed by atoms with van der Waals surface area (Å²) in [7, 11) is 0. The van der Waals surface area contributed by atoms with Gasteiger partial charge < -0.3 is 35.7 Å². The Hall–Kier alpha value is -0.770. The monoisotopic (exact) mass is 212 g/mol. The number of aliphatic carboxylic acids is 1. The predicted molar refractivity (Wildman–Crippen MR) is 40.1 cm³/mol. The van der Waals surface area contributed by atoms with Crippen LogP contribution in [0.15, 0.2) is 0 Å². The predicted octanol–water partition coefficient (Wildman–Crippen LogP) is -3.95. The molecule has 1 rings (SSSR count). The van der Waals surface area contributed by atoms with Gasteiger partial charge in [0.25, 0.3) is 0 Å². The van der Waals surface area contributed by atoms with Crippen LogP contribution in [0, 0.1) is 0 Å². The first-order chi connectivity index (χ1) is 5.95. The van der Waals surface area contributed by atoms with E-state index < -0.39 is 36.7 Å². The molecule has 0 unspecified atom stereocenters. The molecule has 14 heavy (non-hydrogen) atoms. The Morgan fingerprint density at radius 3 is 1.93 bits per heavy atom. The average molecular weight is 212 g/mol. The first kappa shape index (κ1) is 13.2. The highest BCUT2D eigenvalue weighted by molar-refractivity contribution is 5.73. The van der Waals surface area contributed by atoms with E-state index >= 15 is 0 Å².